The lowest BCUT2D eigenvalue weighted by molar-refractivity contribution is -0.402. The van der Waals surface area contributed by atoms with Crippen molar-refractivity contribution in [1.82, 2.24) is 0 Å². The lowest BCUT2D eigenvalue weighted by atomic mass is 9.93. The topological polar surface area (TPSA) is 221 Å². The zero-order valence-electron chi connectivity index (χ0n) is 20.8. The molecule has 4 atom stereocenters. The smallest absolute Gasteiger partial charge is 0.364 e. The van der Waals surface area contributed by atoms with Crippen LogP contribution in [0.3, 0.4) is 0 Å². The first-order valence-corrected chi connectivity index (χ1v) is 10.4. The molecule has 0 aromatic carbocycles. The van der Waals surface area contributed by atoms with Gasteiger partial charge in [-0.15, -0.1) is 0 Å². The van der Waals surface area contributed by atoms with Crippen molar-refractivity contribution in [2.45, 2.75) is 73.3 Å². The second-order valence-electron chi connectivity index (χ2n) is 7.67. The van der Waals surface area contributed by atoms with Gasteiger partial charge in [-0.3, -0.25) is 24.0 Å². The van der Waals surface area contributed by atoms with Crippen molar-refractivity contribution in [3.8, 4) is 0 Å². The van der Waals surface area contributed by atoms with Gasteiger partial charge >= 0.3 is 17.9 Å². The average molecular weight is 530 g/mol. The van der Waals surface area contributed by atoms with Crippen molar-refractivity contribution in [2.24, 2.45) is 29.2 Å². The van der Waals surface area contributed by atoms with Gasteiger partial charge in [0.15, 0.2) is 6.04 Å². The molecule has 12 nitrogen and oxygen atoms in total. The van der Waals surface area contributed by atoms with Gasteiger partial charge in [0.25, 0.3) is 0 Å². The summed E-state index contributed by atoms with van der Waals surface area (Å²) in [5, 5.41) is 8.34. The fraction of sp³-hybridized carbons (Fsp3) is 0.727. The van der Waals surface area contributed by atoms with E-state index in [1.807, 2.05) is 0 Å². The average Bonchev–Trinajstić information content (AvgIpc) is 2.74. The Morgan fingerprint density at radius 1 is 0.771 bits per heavy atom. The summed E-state index contributed by atoms with van der Waals surface area (Å²) in [7, 11) is 2.64. The number of methoxy groups -OCH3 is 2. The van der Waals surface area contributed by atoms with Crippen molar-refractivity contribution in [1.29, 1.82) is 0 Å². The molecule has 0 saturated heterocycles. The molecule has 13 heteroatoms. The van der Waals surface area contributed by atoms with Crippen molar-refractivity contribution in [3.63, 3.8) is 0 Å². The van der Waals surface area contributed by atoms with Crippen LogP contribution in [0.25, 0.3) is 0 Å². The van der Waals surface area contributed by atoms with Crippen LogP contribution in [0.2, 0.25) is 0 Å². The number of aliphatic carboxylic acids is 1. The van der Waals surface area contributed by atoms with E-state index in [9.17, 15) is 28.8 Å². The molecule has 0 saturated carbocycles. The quantitative estimate of drug-likeness (QED) is 0.189. The number of primary amides is 2. The third-order valence-corrected chi connectivity index (χ3v) is 4.33. The highest BCUT2D eigenvalue weighted by Gasteiger charge is 2.21. The minimum atomic E-state index is -0.888. The molecule has 0 bridgehead atoms. The number of carboxylic acid groups (broad SMARTS) is 1. The number of carbonyl (C=O) groups is 6. The Kier molecular flexibility index (Phi) is 29.6. The molecule has 0 spiro atoms. The lowest BCUT2D eigenvalue weighted by Gasteiger charge is -2.12. The van der Waals surface area contributed by atoms with Crippen LogP contribution in [0.15, 0.2) is 0 Å². The molecule has 0 aromatic heterocycles. The maximum absolute atomic E-state index is 11.6. The summed E-state index contributed by atoms with van der Waals surface area (Å²) in [6.45, 7) is 6.61. The Morgan fingerprint density at radius 3 is 1.40 bits per heavy atom. The molecular formula is C22H44ClN3O9. The number of Topliss-reactive ketones (excluding diaryl/α,β-unsaturated/α-hetero) is 1. The summed E-state index contributed by atoms with van der Waals surface area (Å²) in [4.78, 5) is 63.8. The molecule has 0 rings (SSSR count). The van der Waals surface area contributed by atoms with Gasteiger partial charge in [0.2, 0.25) is 11.8 Å². The summed E-state index contributed by atoms with van der Waals surface area (Å²) in [6, 6.07) is -0.245. The molecule has 0 radical (unpaired) electrons. The number of amides is 2. The van der Waals surface area contributed by atoms with E-state index in [-0.39, 0.29) is 62.8 Å². The second kappa shape index (κ2) is 24.4. The van der Waals surface area contributed by atoms with Gasteiger partial charge < -0.3 is 44.2 Å². The number of carbonyl (C=O) groups excluding carboxylic acids is 5. The maximum atomic E-state index is 11.6. The van der Waals surface area contributed by atoms with Crippen LogP contribution in [0.1, 0.15) is 67.2 Å². The van der Waals surface area contributed by atoms with E-state index in [4.69, 9.17) is 16.6 Å². The third-order valence-electron chi connectivity index (χ3n) is 4.33. The van der Waals surface area contributed by atoms with Crippen molar-refractivity contribution in [3.05, 3.63) is 0 Å². The van der Waals surface area contributed by atoms with E-state index >= 15 is 0 Å². The molecule has 35 heavy (non-hydrogen) atoms. The molecule has 0 fully saturated rings. The third kappa shape index (κ3) is 27.4. The summed E-state index contributed by atoms with van der Waals surface area (Å²) in [5.41, 5.74) is 13.2. The van der Waals surface area contributed by atoms with Gasteiger partial charge in [0, 0.05) is 25.2 Å². The standard InChI is InChI=1S/C11H19NO4.C6H11NO3.C4H9NO2.CH4.ClH/c1-7(4-5-10(12)14)9(13)6-8(2)11(15)16-3;1-4(6(9)10)2-3-5(7)8;1-3(5)4(6)7-2;;/h7-8H,4-6H2,1-3H3,(H2,12,14);4H,2-3H2,1H3,(H2,7,8)(H,9,10);3H,5H2,1-2H3;1H4;1H/t7-,8-;4-;3-;;/m110../s1. The molecule has 8 N–H and O–H groups in total. The molecular weight excluding hydrogens is 486 g/mol. The van der Waals surface area contributed by atoms with Crippen molar-refractivity contribution in [2.75, 3.05) is 14.2 Å². The largest absolute Gasteiger partial charge is 1.00 e. The lowest BCUT2D eigenvalue weighted by Crippen LogP contribution is -3.00. The monoisotopic (exact) mass is 529 g/mol. The minimum Gasteiger partial charge on any atom is -1.00 e. The normalized spacial score (nSPS) is 12.5. The van der Waals surface area contributed by atoms with Crippen LogP contribution < -0.4 is 29.6 Å². The molecule has 2 amide bonds. The maximum Gasteiger partial charge on any atom is 0.364 e. The predicted octanol–water partition coefficient (Wildman–Crippen LogP) is -2.94. The first-order chi connectivity index (χ1) is 15.1. The molecule has 0 aromatic rings. The van der Waals surface area contributed by atoms with Crippen LogP contribution in [0.5, 0.6) is 0 Å². The van der Waals surface area contributed by atoms with E-state index in [0.717, 1.165) is 0 Å². The van der Waals surface area contributed by atoms with Gasteiger partial charge in [-0.25, -0.2) is 4.79 Å². The van der Waals surface area contributed by atoms with E-state index < -0.39 is 35.6 Å². The number of rotatable bonds is 12. The molecule has 0 heterocycles. The second-order valence-corrected chi connectivity index (χ2v) is 7.67. The number of quaternary nitrogens is 1. The fourth-order valence-electron chi connectivity index (χ4n) is 1.99. The van der Waals surface area contributed by atoms with Gasteiger partial charge in [-0.2, -0.15) is 0 Å². The number of hydrogen-bond donors (Lipinski definition) is 4. The number of ketones is 1. The number of hydrogen-bond acceptors (Lipinski definition) is 8. The van der Waals surface area contributed by atoms with Gasteiger partial charge in [0.1, 0.15) is 5.78 Å². The molecule has 0 aliphatic rings. The summed E-state index contributed by atoms with van der Waals surface area (Å²) >= 11 is 0. The highest BCUT2D eigenvalue weighted by atomic mass is 35.5. The highest BCUT2D eigenvalue weighted by Crippen LogP contribution is 2.14. The van der Waals surface area contributed by atoms with Crippen LogP contribution in [0.4, 0.5) is 0 Å². The SMILES string of the molecule is C.COC(=O)[C@H](C)CC(=O)[C@H](C)CCC(N)=O.COC(=O)[C@H](C)[NH3+].C[C@H](CCC(N)=O)C(=O)O.[Cl-]. The Morgan fingerprint density at radius 2 is 1.14 bits per heavy atom. The molecule has 0 aliphatic carbocycles. The van der Waals surface area contributed by atoms with Crippen molar-refractivity contribution < 1.29 is 61.5 Å². The molecule has 0 aliphatic heterocycles. The summed E-state index contributed by atoms with van der Waals surface area (Å²) < 4.78 is 8.84. The van der Waals surface area contributed by atoms with E-state index in [1.165, 1.54) is 14.2 Å². The Balaban J connectivity index is -0.000000136. The summed E-state index contributed by atoms with van der Waals surface area (Å²) in [6.07, 6.45) is 1.24. The van der Waals surface area contributed by atoms with Gasteiger partial charge in [0.05, 0.1) is 26.1 Å². The molecule has 208 valence electrons. The zero-order valence-corrected chi connectivity index (χ0v) is 21.6. The number of esters is 2. The first kappa shape index (κ1) is 42.4. The Bertz CT molecular complexity index is 658. The Labute approximate surface area is 214 Å². The summed E-state index contributed by atoms with van der Waals surface area (Å²) in [5.74, 6) is -3.62. The van der Waals surface area contributed by atoms with Crippen molar-refractivity contribution >= 4 is 35.5 Å². The molecule has 0 unspecified atom stereocenters. The van der Waals surface area contributed by atoms with E-state index in [0.29, 0.717) is 12.8 Å². The zero-order chi connectivity index (χ0) is 26.7. The Hall–Kier alpha value is -2.73. The first-order valence-electron chi connectivity index (χ1n) is 10.4. The van der Waals surface area contributed by atoms with Crippen LogP contribution in [-0.2, 0) is 38.2 Å². The van der Waals surface area contributed by atoms with E-state index in [1.54, 1.807) is 27.7 Å². The van der Waals surface area contributed by atoms with Crippen LogP contribution in [0, 0.1) is 17.8 Å². The van der Waals surface area contributed by atoms with Crippen LogP contribution in [-0.4, -0.2) is 60.9 Å². The van der Waals surface area contributed by atoms with E-state index in [2.05, 4.69) is 15.2 Å². The number of carboxylic acids is 1. The number of nitrogens with two attached hydrogens (primary N) is 2. The predicted molar refractivity (Wildman–Crippen MR) is 125 cm³/mol. The number of halogens is 1. The van der Waals surface area contributed by atoms with Gasteiger partial charge in [-0.1, -0.05) is 28.2 Å². The number of ether oxygens (including phenoxy) is 2. The van der Waals surface area contributed by atoms with Crippen LogP contribution >= 0.6 is 0 Å². The fourth-order valence-corrected chi connectivity index (χ4v) is 1.99. The minimum absolute atomic E-state index is 0. The van der Waals surface area contributed by atoms with Gasteiger partial charge in [-0.05, 0) is 19.8 Å². The highest BCUT2D eigenvalue weighted by molar-refractivity contribution is 5.86.